The second-order valence-corrected chi connectivity index (χ2v) is 11.4. The highest BCUT2D eigenvalue weighted by molar-refractivity contribution is 6.36. The van der Waals surface area contributed by atoms with Gasteiger partial charge in [0.05, 0.1) is 24.6 Å². The number of hydrogen-bond donors (Lipinski definition) is 1. The van der Waals surface area contributed by atoms with E-state index in [1.807, 2.05) is 57.0 Å². The van der Waals surface area contributed by atoms with Gasteiger partial charge in [-0.25, -0.2) is 4.79 Å². The van der Waals surface area contributed by atoms with E-state index in [2.05, 4.69) is 29.8 Å². The molecule has 8 heteroatoms. The van der Waals surface area contributed by atoms with Crippen molar-refractivity contribution in [2.24, 2.45) is 15.7 Å². The molecule has 1 aromatic rings. The fraction of sp³-hybridized carbons (Fsp3) is 0.387. The van der Waals surface area contributed by atoms with Crippen molar-refractivity contribution >= 4 is 40.9 Å². The Balaban J connectivity index is 1.82. The zero-order chi connectivity index (χ0) is 28.3. The van der Waals surface area contributed by atoms with Gasteiger partial charge in [0.2, 0.25) is 0 Å². The summed E-state index contributed by atoms with van der Waals surface area (Å²) < 4.78 is 5.62. The van der Waals surface area contributed by atoms with Crippen molar-refractivity contribution in [3.63, 3.8) is 0 Å². The number of ether oxygens (including phenoxy) is 1. The van der Waals surface area contributed by atoms with Gasteiger partial charge in [-0.1, -0.05) is 48.0 Å². The molecule has 39 heavy (non-hydrogen) atoms. The van der Waals surface area contributed by atoms with Gasteiger partial charge < -0.3 is 20.3 Å². The number of amides is 1. The van der Waals surface area contributed by atoms with Crippen LogP contribution in [0.2, 0.25) is 5.02 Å². The highest BCUT2D eigenvalue weighted by atomic mass is 35.5. The summed E-state index contributed by atoms with van der Waals surface area (Å²) >= 11 is 6.56. The molecule has 1 unspecified atom stereocenters. The summed E-state index contributed by atoms with van der Waals surface area (Å²) in [7, 11) is 3.60. The molecule has 7 nitrogen and oxygen atoms in total. The van der Waals surface area contributed by atoms with Crippen LogP contribution in [0.1, 0.15) is 44.7 Å². The van der Waals surface area contributed by atoms with Crippen LogP contribution in [0.15, 0.2) is 75.9 Å². The standard InChI is InChI=1S/C31H38ClN5O2/c1-20(36(6)19-34-5)28(33)26-17-22-9-7-8-14-35-29(22)27(24-11-10-23(32)18-25(24)26)21-12-15-37(16-13-21)30(38)39-31(2,3)4/h7-11,17-19,28H,1,12-16,33H2,2-6H3. The van der Waals surface area contributed by atoms with Crippen LogP contribution in [0.25, 0.3) is 11.1 Å². The number of likely N-dealkylation sites (tertiary alicyclic amines) is 1. The minimum atomic E-state index is -0.529. The first-order chi connectivity index (χ1) is 18.5. The van der Waals surface area contributed by atoms with Crippen LogP contribution < -0.4 is 5.73 Å². The molecule has 206 valence electrons. The lowest BCUT2D eigenvalue weighted by Crippen LogP contribution is -2.40. The molecule has 0 aromatic heterocycles. The van der Waals surface area contributed by atoms with E-state index < -0.39 is 11.6 Å². The number of nitrogens with zero attached hydrogens (tertiary/aromatic N) is 4. The lowest BCUT2D eigenvalue weighted by Gasteiger charge is -2.32. The molecular weight excluding hydrogens is 510 g/mol. The first-order valence-corrected chi connectivity index (χ1v) is 13.6. The van der Waals surface area contributed by atoms with Crippen LogP contribution in [0.5, 0.6) is 0 Å². The second-order valence-electron chi connectivity index (χ2n) is 10.9. The van der Waals surface area contributed by atoms with E-state index in [0.717, 1.165) is 46.4 Å². The van der Waals surface area contributed by atoms with E-state index in [1.165, 1.54) is 5.57 Å². The molecule has 1 saturated heterocycles. The maximum atomic E-state index is 12.7. The average Bonchev–Trinajstić information content (AvgIpc) is 3.18. The Morgan fingerprint density at radius 1 is 1.28 bits per heavy atom. The van der Waals surface area contributed by atoms with E-state index in [0.29, 0.717) is 30.4 Å². The Bertz CT molecular complexity index is 1330. The number of carbonyl (C=O) groups excluding carboxylic acids is 1. The molecule has 1 aromatic carbocycles. The third-order valence-electron chi connectivity index (χ3n) is 6.96. The predicted octanol–water partition coefficient (Wildman–Crippen LogP) is 5.89. The summed E-state index contributed by atoms with van der Waals surface area (Å²) in [4.78, 5) is 25.5. The van der Waals surface area contributed by atoms with Gasteiger partial charge >= 0.3 is 6.09 Å². The first-order valence-electron chi connectivity index (χ1n) is 13.2. The molecule has 0 saturated carbocycles. The van der Waals surface area contributed by atoms with Crippen LogP contribution >= 0.6 is 11.6 Å². The molecule has 0 bridgehead atoms. The number of benzene rings is 1. The van der Waals surface area contributed by atoms with Crippen LogP contribution in [0.4, 0.5) is 4.79 Å². The smallest absolute Gasteiger partial charge is 0.410 e. The van der Waals surface area contributed by atoms with Gasteiger partial charge in [-0.2, -0.15) is 0 Å². The quantitative estimate of drug-likeness (QED) is 0.376. The number of allylic oxidation sites excluding steroid dienone is 5. The zero-order valence-corrected chi connectivity index (χ0v) is 24.3. The third-order valence-corrected chi connectivity index (χ3v) is 7.19. The van der Waals surface area contributed by atoms with Crippen molar-refractivity contribution in [2.75, 3.05) is 33.7 Å². The Kier molecular flexibility index (Phi) is 8.62. The lowest BCUT2D eigenvalue weighted by atomic mass is 9.85. The topological polar surface area (TPSA) is 83.5 Å². The van der Waals surface area contributed by atoms with Gasteiger partial charge in [-0.3, -0.25) is 9.98 Å². The van der Waals surface area contributed by atoms with Crippen LogP contribution in [0, 0.1) is 0 Å². The highest BCUT2D eigenvalue weighted by Crippen LogP contribution is 2.41. The van der Waals surface area contributed by atoms with Crippen LogP contribution in [-0.2, 0) is 4.74 Å². The van der Waals surface area contributed by atoms with E-state index >= 15 is 0 Å². The second kappa shape index (κ2) is 11.8. The molecule has 1 aliphatic carbocycles. The number of carbonyl (C=O) groups is 1. The summed E-state index contributed by atoms with van der Waals surface area (Å²) in [6, 6.07) is 5.44. The molecule has 2 heterocycles. The van der Waals surface area contributed by atoms with E-state index in [-0.39, 0.29) is 6.09 Å². The molecular formula is C31H38ClN5O2. The SMILES string of the molecule is C=C(C(N)C1=CC2=CC=CCN=C2C(=C2CCN(C(=O)OC(C)(C)C)CC2)c2ccc(Cl)cc21)N(C)C=NC. The molecule has 1 atom stereocenters. The van der Waals surface area contributed by atoms with Gasteiger partial charge in [0.25, 0.3) is 0 Å². The monoisotopic (exact) mass is 547 g/mol. The van der Waals surface area contributed by atoms with Gasteiger partial charge in [-0.15, -0.1) is 0 Å². The summed E-state index contributed by atoms with van der Waals surface area (Å²) in [5.41, 5.74) is 14.2. The molecule has 0 spiro atoms. The van der Waals surface area contributed by atoms with Gasteiger partial charge in [0, 0.05) is 49.1 Å². The van der Waals surface area contributed by atoms with E-state index in [9.17, 15) is 4.79 Å². The largest absolute Gasteiger partial charge is 0.444 e. The van der Waals surface area contributed by atoms with Crippen molar-refractivity contribution in [1.29, 1.82) is 0 Å². The Labute approximate surface area is 236 Å². The van der Waals surface area contributed by atoms with Crippen LogP contribution in [0.3, 0.4) is 0 Å². The lowest BCUT2D eigenvalue weighted by molar-refractivity contribution is 0.0236. The summed E-state index contributed by atoms with van der Waals surface area (Å²) in [6.45, 7) is 11.7. The number of nitrogens with two attached hydrogens (primary N) is 1. The predicted molar refractivity (Wildman–Crippen MR) is 162 cm³/mol. The molecule has 4 rings (SSSR count). The minimum absolute atomic E-state index is 0.274. The molecule has 2 N–H and O–H groups in total. The van der Waals surface area contributed by atoms with E-state index in [1.54, 1.807) is 18.3 Å². The number of hydrogen-bond acceptors (Lipinski definition) is 5. The minimum Gasteiger partial charge on any atom is -0.444 e. The number of halogens is 1. The fourth-order valence-corrected chi connectivity index (χ4v) is 5.20. The summed E-state index contributed by atoms with van der Waals surface area (Å²) in [5, 5.41) is 0.628. The maximum absolute atomic E-state index is 12.7. The summed E-state index contributed by atoms with van der Waals surface area (Å²) in [5.74, 6) is 0. The number of fused-ring (bicyclic) bond motifs is 2. The fourth-order valence-electron chi connectivity index (χ4n) is 5.03. The van der Waals surface area contributed by atoms with Crippen molar-refractivity contribution in [3.8, 4) is 0 Å². The number of likely N-dealkylation sites (N-methyl/N-ethyl adjacent to an activating group) is 1. The Morgan fingerprint density at radius 2 is 2.00 bits per heavy atom. The molecule has 1 fully saturated rings. The van der Waals surface area contributed by atoms with E-state index in [4.69, 9.17) is 27.1 Å². The maximum Gasteiger partial charge on any atom is 0.410 e. The third kappa shape index (κ3) is 6.43. The normalized spacial score (nSPS) is 18.3. The van der Waals surface area contributed by atoms with Gasteiger partial charge in [0.15, 0.2) is 0 Å². The van der Waals surface area contributed by atoms with Gasteiger partial charge in [-0.05, 0) is 68.5 Å². The Morgan fingerprint density at radius 3 is 2.67 bits per heavy atom. The Hall–Kier alpha value is -3.42. The number of rotatable bonds is 4. The average molecular weight is 548 g/mol. The molecule has 2 aliphatic heterocycles. The molecule has 3 aliphatic rings. The molecule has 0 radical (unpaired) electrons. The van der Waals surface area contributed by atoms with Crippen LogP contribution in [-0.4, -0.2) is 73.3 Å². The van der Waals surface area contributed by atoms with Crippen molar-refractivity contribution in [1.82, 2.24) is 9.80 Å². The zero-order valence-electron chi connectivity index (χ0n) is 23.5. The first kappa shape index (κ1) is 28.6. The summed E-state index contributed by atoms with van der Waals surface area (Å²) in [6.07, 6.45) is 11.1. The van der Waals surface area contributed by atoms with Crippen molar-refractivity contribution < 1.29 is 9.53 Å². The molecule has 1 amide bonds. The highest BCUT2D eigenvalue weighted by Gasteiger charge is 2.32. The number of aliphatic imine (C=N–C) groups is 2. The van der Waals surface area contributed by atoms with Crippen molar-refractivity contribution in [3.05, 3.63) is 82.1 Å². The van der Waals surface area contributed by atoms with Gasteiger partial charge in [0.1, 0.15) is 5.60 Å². The van der Waals surface area contributed by atoms with Crippen molar-refractivity contribution in [2.45, 2.75) is 45.3 Å². The number of piperidine rings is 1.